The summed E-state index contributed by atoms with van der Waals surface area (Å²) in [6, 6.07) is 11.1. The van der Waals surface area contributed by atoms with Crippen molar-refractivity contribution in [2.75, 3.05) is 13.6 Å². The lowest BCUT2D eigenvalue weighted by Gasteiger charge is -2.26. The van der Waals surface area contributed by atoms with E-state index in [4.69, 9.17) is 11.0 Å². The Morgan fingerprint density at radius 1 is 1.47 bits per heavy atom. The summed E-state index contributed by atoms with van der Waals surface area (Å²) >= 11 is 0. The van der Waals surface area contributed by atoms with Crippen molar-refractivity contribution in [3.63, 3.8) is 0 Å². The number of nitrogens with zero attached hydrogens (tertiary/aromatic N) is 2. The lowest BCUT2D eigenvalue weighted by Crippen LogP contribution is -2.27. The van der Waals surface area contributed by atoms with Gasteiger partial charge in [-0.15, -0.1) is 0 Å². The average Bonchev–Trinajstić information content (AvgIpc) is 2.67. The van der Waals surface area contributed by atoms with Crippen LogP contribution in [-0.4, -0.2) is 18.5 Å². The molecule has 2 N–H and O–H groups in total. The summed E-state index contributed by atoms with van der Waals surface area (Å²) < 4.78 is 0. The molecule has 0 aromatic heterocycles. The SMILES string of the molecule is CC(C#N)CN(C)C1CC(N)c2ccccc21. The summed E-state index contributed by atoms with van der Waals surface area (Å²) in [7, 11) is 2.08. The second kappa shape index (κ2) is 4.87. The molecule has 1 aliphatic rings. The van der Waals surface area contributed by atoms with Crippen LogP contribution in [0.15, 0.2) is 24.3 Å². The highest BCUT2D eigenvalue weighted by Crippen LogP contribution is 2.40. The Balaban J connectivity index is 2.17. The second-order valence-electron chi connectivity index (χ2n) is 4.96. The van der Waals surface area contributed by atoms with Crippen molar-refractivity contribution in [3.8, 4) is 6.07 Å². The zero-order valence-electron chi connectivity index (χ0n) is 10.4. The molecule has 0 heterocycles. The number of hydrogen-bond donors (Lipinski definition) is 1. The molecular weight excluding hydrogens is 210 g/mol. The minimum Gasteiger partial charge on any atom is -0.324 e. The van der Waals surface area contributed by atoms with Crippen LogP contribution < -0.4 is 5.73 Å². The standard InChI is InChI=1S/C14H19N3/c1-10(8-15)9-17(2)14-7-13(16)11-5-3-4-6-12(11)14/h3-6,10,13-14H,7,9,16H2,1-2H3. The highest BCUT2D eigenvalue weighted by Gasteiger charge is 2.31. The highest BCUT2D eigenvalue weighted by molar-refractivity contribution is 5.37. The number of hydrogen-bond acceptors (Lipinski definition) is 3. The van der Waals surface area contributed by atoms with Gasteiger partial charge in [-0.25, -0.2) is 0 Å². The number of rotatable bonds is 3. The lowest BCUT2D eigenvalue weighted by atomic mass is 10.1. The van der Waals surface area contributed by atoms with Crippen LogP contribution in [-0.2, 0) is 0 Å². The third-order valence-corrected chi connectivity index (χ3v) is 3.55. The quantitative estimate of drug-likeness (QED) is 0.864. The van der Waals surface area contributed by atoms with Gasteiger partial charge in [0.25, 0.3) is 0 Å². The number of fused-ring (bicyclic) bond motifs is 1. The van der Waals surface area contributed by atoms with Gasteiger partial charge in [0, 0.05) is 18.6 Å². The Morgan fingerprint density at radius 2 is 2.12 bits per heavy atom. The van der Waals surface area contributed by atoms with E-state index < -0.39 is 0 Å². The summed E-state index contributed by atoms with van der Waals surface area (Å²) in [4.78, 5) is 2.25. The third-order valence-electron chi connectivity index (χ3n) is 3.55. The predicted molar refractivity (Wildman–Crippen MR) is 68.1 cm³/mol. The largest absolute Gasteiger partial charge is 0.324 e. The average molecular weight is 229 g/mol. The molecule has 0 saturated heterocycles. The van der Waals surface area contributed by atoms with Crippen LogP contribution in [0.4, 0.5) is 0 Å². The Hall–Kier alpha value is -1.37. The van der Waals surface area contributed by atoms with Crippen LogP contribution in [0, 0.1) is 17.2 Å². The first-order chi connectivity index (χ1) is 8.13. The maximum atomic E-state index is 8.87. The zero-order chi connectivity index (χ0) is 12.4. The molecule has 0 bridgehead atoms. The van der Waals surface area contributed by atoms with E-state index in [-0.39, 0.29) is 12.0 Å². The van der Waals surface area contributed by atoms with Gasteiger partial charge in [0.2, 0.25) is 0 Å². The summed E-state index contributed by atoms with van der Waals surface area (Å²) in [5.41, 5.74) is 8.73. The van der Waals surface area contributed by atoms with Crippen molar-refractivity contribution in [1.82, 2.24) is 4.90 Å². The minimum atomic E-state index is 0.0592. The van der Waals surface area contributed by atoms with E-state index in [1.807, 2.05) is 13.0 Å². The Bertz CT molecular complexity index is 435. The molecule has 1 aliphatic carbocycles. The zero-order valence-corrected chi connectivity index (χ0v) is 10.4. The van der Waals surface area contributed by atoms with E-state index in [1.165, 1.54) is 11.1 Å². The van der Waals surface area contributed by atoms with Crippen LogP contribution >= 0.6 is 0 Å². The summed E-state index contributed by atoms with van der Waals surface area (Å²) in [5.74, 6) is 0.0592. The van der Waals surface area contributed by atoms with Gasteiger partial charge in [-0.3, -0.25) is 4.90 Å². The van der Waals surface area contributed by atoms with Gasteiger partial charge in [-0.1, -0.05) is 24.3 Å². The fraction of sp³-hybridized carbons (Fsp3) is 0.500. The summed E-state index contributed by atoms with van der Waals surface area (Å²) in [5, 5.41) is 8.87. The molecule has 0 aliphatic heterocycles. The minimum absolute atomic E-state index is 0.0592. The van der Waals surface area contributed by atoms with Gasteiger partial charge in [0.15, 0.2) is 0 Å². The Kier molecular flexibility index (Phi) is 3.46. The lowest BCUT2D eigenvalue weighted by molar-refractivity contribution is 0.222. The number of nitrogens with two attached hydrogens (primary N) is 1. The van der Waals surface area contributed by atoms with Gasteiger partial charge < -0.3 is 5.73 Å². The van der Waals surface area contributed by atoms with E-state index in [1.54, 1.807) is 0 Å². The van der Waals surface area contributed by atoms with E-state index in [2.05, 4.69) is 36.2 Å². The van der Waals surface area contributed by atoms with E-state index >= 15 is 0 Å². The van der Waals surface area contributed by atoms with Crippen LogP contribution in [0.5, 0.6) is 0 Å². The van der Waals surface area contributed by atoms with Crippen molar-refractivity contribution < 1.29 is 0 Å². The van der Waals surface area contributed by atoms with Gasteiger partial charge in [-0.05, 0) is 31.5 Å². The smallest absolute Gasteiger partial charge is 0.0666 e. The molecule has 3 heteroatoms. The third kappa shape index (κ3) is 2.33. The molecule has 3 unspecified atom stereocenters. The molecule has 0 saturated carbocycles. The first kappa shape index (κ1) is 12.1. The first-order valence-corrected chi connectivity index (χ1v) is 6.07. The fourth-order valence-corrected chi connectivity index (χ4v) is 2.66. The molecule has 3 atom stereocenters. The first-order valence-electron chi connectivity index (χ1n) is 6.07. The maximum absolute atomic E-state index is 8.87. The van der Waals surface area contributed by atoms with Crippen LogP contribution in [0.2, 0.25) is 0 Å². The molecule has 0 spiro atoms. The molecule has 0 fully saturated rings. The topological polar surface area (TPSA) is 53.0 Å². The van der Waals surface area contributed by atoms with Crippen LogP contribution in [0.25, 0.3) is 0 Å². The number of benzene rings is 1. The van der Waals surface area contributed by atoms with Crippen molar-refractivity contribution in [2.24, 2.45) is 11.7 Å². The van der Waals surface area contributed by atoms with Gasteiger partial charge in [0.05, 0.1) is 12.0 Å². The molecular formula is C14H19N3. The Labute approximate surface area is 103 Å². The van der Waals surface area contributed by atoms with Gasteiger partial charge >= 0.3 is 0 Å². The molecule has 0 radical (unpaired) electrons. The summed E-state index contributed by atoms with van der Waals surface area (Å²) in [6.45, 7) is 2.75. The van der Waals surface area contributed by atoms with E-state index in [0.717, 1.165) is 13.0 Å². The molecule has 1 aromatic rings. The van der Waals surface area contributed by atoms with Crippen molar-refractivity contribution >= 4 is 0 Å². The van der Waals surface area contributed by atoms with Crippen molar-refractivity contribution in [1.29, 1.82) is 5.26 Å². The van der Waals surface area contributed by atoms with Crippen LogP contribution in [0.1, 0.15) is 36.6 Å². The van der Waals surface area contributed by atoms with E-state index in [0.29, 0.717) is 6.04 Å². The normalized spacial score (nSPS) is 24.4. The van der Waals surface area contributed by atoms with Gasteiger partial charge in [0.1, 0.15) is 0 Å². The predicted octanol–water partition coefficient (Wildman–Crippen LogP) is 2.22. The second-order valence-corrected chi connectivity index (χ2v) is 4.96. The molecule has 1 aromatic carbocycles. The molecule has 17 heavy (non-hydrogen) atoms. The van der Waals surface area contributed by atoms with E-state index in [9.17, 15) is 0 Å². The summed E-state index contributed by atoms with van der Waals surface area (Å²) in [6.07, 6.45) is 0.952. The molecule has 0 amide bonds. The molecule has 2 rings (SSSR count). The number of nitriles is 1. The van der Waals surface area contributed by atoms with Gasteiger partial charge in [-0.2, -0.15) is 5.26 Å². The Morgan fingerprint density at radius 3 is 2.76 bits per heavy atom. The molecule has 90 valence electrons. The monoisotopic (exact) mass is 229 g/mol. The molecule has 3 nitrogen and oxygen atoms in total. The van der Waals surface area contributed by atoms with Crippen molar-refractivity contribution in [3.05, 3.63) is 35.4 Å². The highest BCUT2D eigenvalue weighted by atomic mass is 15.1. The maximum Gasteiger partial charge on any atom is 0.0666 e. The fourth-order valence-electron chi connectivity index (χ4n) is 2.66. The van der Waals surface area contributed by atoms with Crippen LogP contribution in [0.3, 0.4) is 0 Å². The van der Waals surface area contributed by atoms with Crippen molar-refractivity contribution in [2.45, 2.75) is 25.4 Å².